The Morgan fingerprint density at radius 3 is 2.22 bits per heavy atom. The fourth-order valence-electron chi connectivity index (χ4n) is 6.00. The third-order valence-corrected chi connectivity index (χ3v) is 8.25. The Hall–Kier alpha value is -4.19. The minimum atomic E-state index is -1.30. The maximum Gasteiger partial charge on any atom is 1.00 e. The topological polar surface area (TPSA) is 136 Å². The first-order valence-electron chi connectivity index (χ1n) is 15.0. The van der Waals surface area contributed by atoms with E-state index in [9.17, 15) is 19.5 Å². The molecule has 0 radical (unpaired) electrons. The number of aromatic carboxylic acids is 1. The molecule has 1 fully saturated rings. The number of hydrogen-bond acceptors (Lipinski definition) is 9. The van der Waals surface area contributed by atoms with Crippen LogP contribution >= 0.6 is 0 Å². The zero-order valence-corrected chi connectivity index (χ0v) is 28.4. The molecule has 12 heteroatoms. The van der Waals surface area contributed by atoms with Gasteiger partial charge in [-0.25, -0.2) is 0 Å². The van der Waals surface area contributed by atoms with E-state index in [1.807, 2.05) is 27.1 Å². The number of pyridine rings is 1. The molecule has 2 aromatic heterocycles. The van der Waals surface area contributed by atoms with Gasteiger partial charge in [0.25, 0.3) is 5.91 Å². The molecule has 0 atom stereocenters. The average molecular weight is 633 g/mol. The standard InChI is InChI=1S/C34H34N4O7.Na/c1-4-43-29-15-23(16-30(44-5-2)31(29)24-19-36-37(3)20-24)32(40)38-12-10-34(11-13-38)17-27(39)25-14-21(7-9-28(25)45-34)26-8-6-22(18-35-26)33(41)42;/h6-9,14-16,18-20H,4-5,10-13,17H2,1-3H3,(H,41,42);/q;+1/p-1. The molecular weight excluding hydrogens is 599 g/mol. The van der Waals surface area contributed by atoms with Gasteiger partial charge in [-0.1, -0.05) is 0 Å². The van der Waals surface area contributed by atoms with Crippen LogP contribution in [0, 0.1) is 0 Å². The summed E-state index contributed by atoms with van der Waals surface area (Å²) in [4.78, 5) is 44.2. The van der Waals surface area contributed by atoms with E-state index < -0.39 is 11.6 Å². The summed E-state index contributed by atoms with van der Waals surface area (Å²) >= 11 is 0. The molecule has 2 aliphatic rings. The number of aromatic nitrogens is 3. The fourth-order valence-corrected chi connectivity index (χ4v) is 6.00. The van der Waals surface area contributed by atoms with E-state index in [0.29, 0.717) is 78.8 Å². The Balaban J connectivity index is 0.00000417. The second-order valence-electron chi connectivity index (χ2n) is 11.2. The molecule has 2 aromatic carbocycles. The van der Waals surface area contributed by atoms with Crippen molar-refractivity contribution in [3.63, 3.8) is 0 Å². The molecule has 1 spiro atoms. The van der Waals surface area contributed by atoms with Crippen LogP contribution in [0.25, 0.3) is 22.4 Å². The number of nitrogens with zero attached hydrogens (tertiary/aromatic N) is 4. The molecule has 0 N–H and O–H groups in total. The Labute approximate surface area is 288 Å². The number of fused-ring (bicyclic) bond motifs is 1. The summed E-state index contributed by atoms with van der Waals surface area (Å²) < 4.78 is 20.1. The monoisotopic (exact) mass is 632 g/mol. The van der Waals surface area contributed by atoms with Crippen LogP contribution in [0.4, 0.5) is 0 Å². The molecule has 4 heterocycles. The summed E-state index contributed by atoms with van der Waals surface area (Å²) in [7, 11) is 1.84. The van der Waals surface area contributed by atoms with Gasteiger partial charge in [0.2, 0.25) is 0 Å². The van der Waals surface area contributed by atoms with Crippen molar-refractivity contribution in [3.8, 4) is 39.6 Å². The summed E-state index contributed by atoms with van der Waals surface area (Å²) in [6.45, 7) is 5.47. The van der Waals surface area contributed by atoms with E-state index in [1.165, 1.54) is 12.3 Å². The van der Waals surface area contributed by atoms with Crippen LogP contribution in [-0.4, -0.2) is 69.2 Å². The number of amides is 1. The van der Waals surface area contributed by atoms with Gasteiger partial charge in [0, 0.05) is 67.6 Å². The molecule has 0 saturated carbocycles. The van der Waals surface area contributed by atoms with Crippen molar-refractivity contribution in [2.75, 3.05) is 26.3 Å². The zero-order valence-electron chi connectivity index (χ0n) is 26.4. The van der Waals surface area contributed by atoms with Crippen molar-refractivity contribution < 1.29 is 63.3 Å². The van der Waals surface area contributed by atoms with Gasteiger partial charge in [-0.2, -0.15) is 5.10 Å². The third kappa shape index (κ3) is 6.53. The number of rotatable bonds is 8. The number of ketones is 1. The second-order valence-corrected chi connectivity index (χ2v) is 11.2. The van der Waals surface area contributed by atoms with Crippen molar-refractivity contribution in [1.82, 2.24) is 19.7 Å². The van der Waals surface area contributed by atoms with Gasteiger partial charge in [-0.15, -0.1) is 0 Å². The number of carboxylic acid groups (broad SMARTS) is 1. The fraction of sp³-hybridized carbons (Fsp3) is 0.324. The maximum absolute atomic E-state index is 13.8. The van der Waals surface area contributed by atoms with Crippen molar-refractivity contribution >= 4 is 17.7 Å². The van der Waals surface area contributed by atoms with Gasteiger partial charge in [0.05, 0.1) is 48.6 Å². The van der Waals surface area contributed by atoms with Crippen LogP contribution in [0.5, 0.6) is 17.2 Å². The predicted molar refractivity (Wildman–Crippen MR) is 162 cm³/mol. The van der Waals surface area contributed by atoms with Crippen LogP contribution in [0.3, 0.4) is 0 Å². The van der Waals surface area contributed by atoms with Gasteiger partial charge in [-0.05, 0) is 56.3 Å². The van der Waals surface area contributed by atoms with Crippen molar-refractivity contribution in [2.45, 2.75) is 38.7 Å². The summed E-state index contributed by atoms with van der Waals surface area (Å²) in [5, 5.41) is 15.3. The smallest absolute Gasteiger partial charge is 0.545 e. The van der Waals surface area contributed by atoms with E-state index in [2.05, 4.69) is 10.1 Å². The van der Waals surface area contributed by atoms with Gasteiger partial charge in [0.1, 0.15) is 22.8 Å². The minimum Gasteiger partial charge on any atom is -0.545 e. The number of carboxylic acids is 1. The molecule has 46 heavy (non-hydrogen) atoms. The molecule has 0 aliphatic carbocycles. The quantitative estimate of drug-likeness (QED) is 0.260. The number of piperidine rings is 1. The molecule has 1 saturated heterocycles. The maximum atomic E-state index is 13.8. The third-order valence-electron chi connectivity index (χ3n) is 8.25. The Morgan fingerprint density at radius 2 is 1.65 bits per heavy atom. The van der Waals surface area contributed by atoms with Crippen LogP contribution < -0.4 is 48.9 Å². The van der Waals surface area contributed by atoms with E-state index in [4.69, 9.17) is 14.2 Å². The van der Waals surface area contributed by atoms with E-state index >= 15 is 0 Å². The largest absolute Gasteiger partial charge is 1.00 e. The minimum absolute atomic E-state index is 0. The number of aryl methyl sites for hydroxylation is 1. The van der Waals surface area contributed by atoms with Crippen LogP contribution in [0.2, 0.25) is 0 Å². The van der Waals surface area contributed by atoms with E-state index in [1.54, 1.807) is 52.2 Å². The summed E-state index contributed by atoms with van der Waals surface area (Å²) in [5.74, 6) is 0.109. The molecule has 2 aliphatic heterocycles. The number of carbonyl (C=O) groups is 3. The molecule has 11 nitrogen and oxygen atoms in total. The first-order valence-corrected chi connectivity index (χ1v) is 15.0. The van der Waals surface area contributed by atoms with Gasteiger partial charge in [-0.3, -0.25) is 19.3 Å². The Kier molecular flexibility index (Phi) is 9.85. The predicted octanol–water partition coefficient (Wildman–Crippen LogP) is 0.954. The van der Waals surface area contributed by atoms with E-state index in [-0.39, 0.29) is 53.2 Å². The van der Waals surface area contributed by atoms with Crippen molar-refractivity contribution in [3.05, 3.63) is 77.7 Å². The normalized spacial score (nSPS) is 15.0. The van der Waals surface area contributed by atoms with Crippen LogP contribution in [-0.2, 0) is 7.05 Å². The van der Waals surface area contributed by atoms with Crippen molar-refractivity contribution in [1.29, 1.82) is 0 Å². The van der Waals surface area contributed by atoms with Crippen LogP contribution in [0.1, 0.15) is 64.2 Å². The number of benzene rings is 2. The number of likely N-dealkylation sites (tertiary alicyclic amines) is 1. The SMILES string of the molecule is CCOc1cc(C(=O)N2CCC3(CC2)CC(=O)c2cc(-c4ccc(C(=O)[O-])cn4)ccc2O3)cc(OCC)c1-c1cnn(C)c1.[Na+]. The number of hydrogen-bond donors (Lipinski definition) is 0. The molecule has 0 bridgehead atoms. The number of ether oxygens (including phenoxy) is 3. The zero-order chi connectivity index (χ0) is 31.7. The summed E-state index contributed by atoms with van der Waals surface area (Å²) in [5.41, 5.74) is 3.01. The average Bonchev–Trinajstić information content (AvgIpc) is 3.46. The van der Waals surface area contributed by atoms with Gasteiger partial charge < -0.3 is 29.0 Å². The molecule has 0 unspecified atom stereocenters. The Morgan fingerprint density at radius 1 is 0.957 bits per heavy atom. The number of Topliss-reactive ketones (excluding diaryl/α,β-unsaturated/α-hetero) is 1. The summed E-state index contributed by atoms with van der Waals surface area (Å²) in [6.07, 6.45) is 6.06. The van der Waals surface area contributed by atoms with Crippen molar-refractivity contribution in [2.24, 2.45) is 7.05 Å². The van der Waals surface area contributed by atoms with Crippen LogP contribution in [0.15, 0.2) is 61.1 Å². The second kappa shape index (κ2) is 13.7. The first-order chi connectivity index (χ1) is 21.7. The van der Waals surface area contributed by atoms with Gasteiger partial charge in [0.15, 0.2) is 5.78 Å². The summed E-state index contributed by atoms with van der Waals surface area (Å²) in [6, 6.07) is 11.8. The van der Waals surface area contributed by atoms with E-state index in [0.717, 1.165) is 11.1 Å². The molecule has 6 rings (SSSR count). The number of carbonyl (C=O) groups excluding carboxylic acids is 3. The first kappa shape index (κ1) is 33.2. The molecule has 1 amide bonds. The molecule has 4 aromatic rings. The molecular formula is C34H33N4NaO7. The Bertz CT molecular complexity index is 1750. The van der Waals surface area contributed by atoms with Gasteiger partial charge >= 0.3 is 29.6 Å². The molecule has 232 valence electrons.